The van der Waals surface area contributed by atoms with Gasteiger partial charge in [-0.15, -0.1) is 11.8 Å². The van der Waals surface area contributed by atoms with Crippen LogP contribution in [0.3, 0.4) is 0 Å². The van der Waals surface area contributed by atoms with Crippen molar-refractivity contribution in [2.45, 2.75) is 12.3 Å². The van der Waals surface area contributed by atoms with E-state index in [1.165, 1.54) is 11.1 Å². The van der Waals surface area contributed by atoms with Crippen LogP contribution in [0.25, 0.3) is 0 Å². The van der Waals surface area contributed by atoms with Crippen LogP contribution >= 0.6 is 11.8 Å². The third-order valence-corrected chi connectivity index (χ3v) is 4.44. The minimum absolute atomic E-state index is 0.0931. The number of carbonyl (C=O) groups is 1. The highest BCUT2D eigenvalue weighted by Gasteiger charge is 2.33. The van der Waals surface area contributed by atoms with Crippen molar-refractivity contribution in [1.82, 2.24) is 0 Å². The van der Waals surface area contributed by atoms with Crippen molar-refractivity contribution in [3.05, 3.63) is 65.7 Å². The molecule has 1 aliphatic heterocycles. The van der Waals surface area contributed by atoms with E-state index in [-0.39, 0.29) is 11.3 Å². The maximum Gasteiger partial charge on any atom is 0.238 e. The van der Waals surface area contributed by atoms with Gasteiger partial charge in [0.2, 0.25) is 5.91 Å². The van der Waals surface area contributed by atoms with Gasteiger partial charge in [0.05, 0.1) is 5.75 Å². The van der Waals surface area contributed by atoms with Crippen LogP contribution in [0.4, 0.5) is 5.69 Å². The molecule has 1 saturated heterocycles. The Hall–Kier alpha value is -1.74. The first-order chi connectivity index (χ1) is 9.25. The minimum atomic E-state index is 0.0931. The van der Waals surface area contributed by atoms with Gasteiger partial charge in [0.1, 0.15) is 5.37 Å². The molecule has 2 aromatic carbocycles. The molecule has 1 heterocycles. The highest BCUT2D eigenvalue weighted by molar-refractivity contribution is 8.00. The standard InChI is InChI=1S/C16H15NOS/c1-12-6-5-9-14(10-12)17-15(18)11-19-16(17)13-7-3-2-4-8-13/h2-10,16H,11H2,1H3/t16-/m0/s1. The maximum atomic E-state index is 12.2. The fourth-order valence-corrected chi connectivity index (χ4v) is 3.52. The summed E-state index contributed by atoms with van der Waals surface area (Å²) < 4.78 is 0. The molecule has 0 saturated carbocycles. The van der Waals surface area contributed by atoms with Gasteiger partial charge in [-0.2, -0.15) is 0 Å². The zero-order chi connectivity index (χ0) is 13.2. The van der Waals surface area contributed by atoms with Crippen molar-refractivity contribution < 1.29 is 4.79 Å². The van der Waals surface area contributed by atoms with Crippen LogP contribution in [0.5, 0.6) is 0 Å². The lowest BCUT2D eigenvalue weighted by molar-refractivity contribution is -0.115. The molecule has 0 unspecified atom stereocenters. The molecule has 3 rings (SSSR count). The smallest absolute Gasteiger partial charge is 0.238 e. The molecule has 2 aromatic rings. The number of rotatable bonds is 2. The van der Waals surface area contributed by atoms with Crippen molar-refractivity contribution >= 4 is 23.4 Å². The van der Waals surface area contributed by atoms with E-state index in [0.29, 0.717) is 5.75 Å². The zero-order valence-corrected chi connectivity index (χ0v) is 11.6. The van der Waals surface area contributed by atoms with E-state index in [0.717, 1.165) is 5.69 Å². The fourth-order valence-electron chi connectivity index (χ4n) is 2.35. The Labute approximate surface area is 117 Å². The maximum absolute atomic E-state index is 12.2. The van der Waals surface area contributed by atoms with Crippen LogP contribution in [0, 0.1) is 6.92 Å². The molecule has 0 aliphatic carbocycles. The first-order valence-corrected chi connectivity index (χ1v) is 7.36. The van der Waals surface area contributed by atoms with E-state index >= 15 is 0 Å². The Morgan fingerprint density at radius 1 is 1.11 bits per heavy atom. The fraction of sp³-hybridized carbons (Fsp3) is 0.188. The molecule has 1 fully saturated rings. The van der Waals surface area contributed by atoms with Gasteiger partial charge in [-0.1, -0.05) is 42.5 Å². The summed E-state index contributed by atoms with van der Waals surface area (Å²) in [6.07, 6.45) is 0. The Bertz CT molecular complexity index is 597. The van der Waals surface area contributed by atoms with Crippen molar-refractivity contribution in [1.29, 1.82) is 0 Å². The molecule has 1 atom stereocenters. The van der Waals surface area contributed by atoms with Gasteiger partial charge in [0, 0.05) is 5.69 Å². The summed E-state index contributed by atoms with van der Waals surface area (Å²) in [5.74, 6) is 0.734. The highest BCUT2D eigenvalue weighted by atomic mass is 32.2. The predicted octanol–water partition coefficient (Wildman–Crippen LogP) is 3.77. The Kier molecular flexibility index (Phi) is 3.30. The van der Waals surface area contributed by atoms with Crippen molar-refractivity contribution in [3.63, 3.8) is 0 Å². The number of hydrogen-bond acceptors (Lipinski definition) is 2. The summed E-state index contributed by atoms with van der Waals surface area (Å²) in [5.41, 5.74) is 3.35. The van der Waals surface area contributed by atoms with Crippen LogP contribution in [-0.2, 0) is 4.79 Å². The molecule has 1 aliphatic rings. The number of benzene rings is 2. The van der Waals surface area contributed by atoms with E-state index in [4.69, 9.17) is 0 Å². The van der Waals surface area contributed by atoms with Crippen LogP contribution < -0.4 is 4.90 Å². The summed E-state index contributed by atoms with van der Waals surface area (Å²) in [4.78, 5) is 14.1. The predicted molar refractivity (Wildman–Crippen MR) is 80.3 cm³/mol. The quantitative estimate of drug-likeness (QED) is 0.827. The SMILES string of the molecule is Cc1cccc(N2C(=O)CS[C@H]2c2ccccc2)c1. The van der Waals surface area contributed by atoms with Crippen LogP contribution in [0.2, 0.25) is 0 Å². The first-order valence-electron chi connectivity index (χ1n) is 6.31. The molecule has 1 amide bonds. The first kappa shape index (κ1) is 12.3. The lowest BCUT2D eigenvalue weighted by Crippen LogP contribution is -2.27. The van der Waals surface area contributed by atoms with E-state index in [1.807, 2.05) is 35.2 Å². The average molecular weight is 269 g/mol. The normalized spacial score (nSPS) is 18.9. The Morgan fingerprint density at radius 3 is 2.63 bits per heavy atom. The van der Waals surface area contributed by atoms with Gasteiger partial charge >= 0.3 is 0 Å². The summed E-state index contributed by atoms with van der Waals surface area (Å²) >= 11 is 1.69. The topological polar surface area (TPSA) is 20.3 Å². The van der Waals surface area contributed by atoms with E-state index in [9.17, 15) is 4.79 Å². The van der Waals surface area contributed by atoms with Gasteiger partial charge in [0.25, 0.3) is 0 Å². The largest absolute Gasteiger partial charge is 0.295 e. The molecule has 2 nitrogen and oxygen atoms in total. The third kappa shape index (κ3) is 2.38. The number of nitrogens with zero attached hydrogens (tertiary/aromatic N) is 1. The monoisotopic (exact) mass is 269 g/mol. The molecular weight excluding hydrogens is 254 g/mol. The van der Waals surface area contributed by atoms with E-state index in [1.54, 1.807) is 11.8 Å². The number of carbonyl (C=O) groups excluding carboxylic acids is 1. The number of aryl methyl sites for hydroxylation is 1. The molecule has 0 bridgehead atoms. The number of anilines is 1. The van der Waals surface area contributed by atoms with Gasteiger partial charge < -0.3 is 0 Å². The number of amides is 1. The van der Waals surface area contributed by atoms with Gasteiger partial charge in [-0.25, -0.2) is 0 Å². The lowest BCUT2D eigenvalue weighted by Gasteiger charge is -2.24. The number of thioether (sulfide) groups is 1. The second-order valence-corrected chi connectivity index (χ2v) is 5.75. The molecule has 3 heteroatoms. The summed E-state index contributed by atoms with van der Waals surface area (Å²) in [7, 11) is 0. The van der Waals surface area contributed by atoms with Crippen LogP contribution in [0.15, 0.2) is 54.6 Å². The van der Waals surface area contributed by atoms with Crippen molar-refractivity contribution in [3.8, 4) is 0 Å². The van der Waals surface area contributed by atoms with Crippen molar-refractivity contribution in [2.75, 3.05) is 10.7 Å². The van der Waals surface area contributed by atoms with Crippen LogP contribution in [-0.4, -0.2) is 11.7 Å². The average Bonchev–Trinajstić information content (AvgIpc) is 2.82. The molecular formula is C16H15NOS. The number of hydrogen-bond donors (Lipinski definition) is 0. The molecule has 96 valence electrons. The minimum Gasteiger partial charge on any atom is -0.295 e. The summed E-state index contributed by atoms with van der Waals surface area (Å²) in [5, 5.41) is 0.0931. The van der Waals surface area contributed by atoms with Crippen molar-refractivity contribution in [2.24, 2.45) is 0 Å². The Balaban J connectivity index is 2.00. The lowest BCUT2D eigenvalue weighted by atomic mass is 10.1. The second kappa shape index (κ2) is 5.10. The highest BCUT2D eigenvalue weighted by Crippen LogP contribution is 2.41. The summed E-state index contributed by atoms with van der Waals surface area (Å²) in [6, 6.07) is 18.3. The van der Waals surface area contributed by atoms with Gasteiger partial charge in [0.15, 0.2) is 0 Å². The second-order valence-electron chi connectivity index (χ2n) is 4.68. The molecule has 0 spiro atoms. The van der Waals surface area contributed by atoms with E-state index in [2.05, 4.69) is 31.2 Å². The molecule has 19 heavy (non-hydrogen) atoms. The van der Waals surface area contributed by atoms with Crippen LogP contribution in [0.1, 0.15) is 16.5 Å². The third-order valence-electron chi connectivity index (χ3n) is 3.23. The van der Waals surface area contributed by atoms with Gasteiger partial charge in [-0.05, 0) is 30.2 Å². The van der Waals surface area contributed by atoms with Gasteiger partial charge in [-0.3, -0.25) is 9.69 Å². The molecule has 0 N–H and O–H groups in total. The Morgan fingerprint density at radius 2 is 1.89 bits per heavy atom. The molecule has 0 radical (unpaired) electrons. The summed E-state index contributed by atoms with van der Waals surface area (Å²) in [6.45, 7) is 2.05. The zero-order valence-electron chi connectivity index (χ0n) is 10.7. The molecule has 0 aromatic heterocycles. The van der Waals surface area contributed by atoms with E-state index < -0.39 is 0 Å².